The molecule has 1 aliphatic rings. The van der Waals surface area contributed by atoms with Crippen LogP contribution in [0.2, 0.25) is 0 Å². The van der Waals surface area contributed by atoms with E-state index in [9.17, 15) is 8.42 Å². The minimum atomic E-state index is -3.60. The van der Waals surface area contributed by atoms with Crippen molar-refractivity contribution in [2.24, 2.45) is 5.73 Å². The molecule has 0 bridgehead atoms. The zero-order valence-electron chi connectivity index (χ0n) is 11.3. The summed E-state index contributed by atoms with van der Waals surface area (Å²) in [4.78, 5) is 0.206. The molecule has 1 aromatic carbocycles. The summed E-state index contributed by atoms with van der Waals surface area (Å²) < 4.78 is 32.7. The maximum absolute atomic E-state index is 12.6. The highest BCUT2D eigenvalue weighted by atomic mass is 79.9. The summed E-state index contributed by atoms with van der Waals surface area (Å²) in [6.45, 7) is 2.56. The molecule has 0 amide bonds. The van der Waals surface area contributed by atoms with E-state index in [1.165, 1.54) is 11.4 Å². The fourth-order valence-electron chi connectivity index (χ4n) is 1.97. The molecule has 0 spiro atoms. The second-order valence-electron chi connectivity index (χ2n) is 4.60. The molecule has 1 atom stereocenters. The number of likely N-dealkylation sites (N-methyl/N-ethyl adjacent to an activating group) is 1. The third-order valence-electron chi connectivity index (χ3n) is 3.33. The van der Waals surface area contributed by atoms with Crippen LogP contribution in [0.25, 0.3) is 0 Å². The Balaban J connectivity index is 0.00000200. The van der Waals surface area contributed by atoms with Gasteiger partial charge in [-0.05, 0) is 19.1 Å². The van der Waals surface area contributed by atoms with Crippen molar-refractivity contribution in [3.8, 4) is 5.75 Å². The first-order chi connectivity index (χ1) is 8.87. The van der Waals surface area contributed by atoms with Crippen molar-refractivity contribution in [3.05, 3.63) is 22.2 Å². The average Bonchev–Trinajstić information content (AvgIpc) is 2.83. The van der Waals surface area contributed by atoms with Crippen molar-refractivity contribution in [1.29, 1.82) is 0 Å². The summed E-state index contributed by atoms with van der Waals surface area (Å²) in [6, 6.07) is 3.22. The molecule has 8 heteroatoms. The Bertz CT molecular complexity index is 595. The molecule has 1 aromatic rings. The number of hydrogen-bond acceptors (Lipinski definition) is 4. The molecular weight excluding hydrogens is 368 g/mol. The van der Waals surface area contributed by atoms with Gasteiger partial charge in [-0.2, -0.15) is 4.31 Å². The Morgan fingerprint density at radius 2 is 2.15 bits per heavy atom. The molecule has 0 radical (unpaired) electrons. The first kappa shape index (κ1) is 17.7. The zero-order valence-corrected chi connectivity index (χ0v) is 14.5. The minimum Gasteiger partial charge on any atom is -0.492 e. The molecule has 0 aromatic heterocycles. The molecule has 5 nitrogen and oxygen atoms in total. The van der Waals surface area contributed by atoms with Crippen molar-refractivity contribution >= 4 is 38.4 Å². The van der Waals surface area contributed by atoms with Crippen LogP contribution in [0.15, 0.2) is 21.5 Å². The quantitative estimate of drug-likeness (QED) is 0.857. The van der Waals surface area contributed by atoms with E-state index in [0.717, 1.165) is 16.5 Å². The smallest absolute Gasteiger partial charge is 0.246 e. The molecular formula is C12H18BrClN2O3S. The molecule has 1 heterocycles. The first-order valence-electron chi connectivity index (χ1n) is 6.01. The molecule has 0 saturated carbocycles. The van der Waals surface area contributed by atoms with E-state index in [2.05, 4.69) is 15.9 Å². The Morgan fingerprint density at radius 1 is 1.50 bits per heavy atom. The molecule has 0 aliphatic carbocycles. The fourth-order valence-corrected chi connectivity index (χ4v) is 4.19. The predicted octanol–water partition coefficient (Wildman–Crippen LogP) is 1.77. The van der Waals surface area contributed by atoms with E-state index in [1.807, 2.05) is 6.07 Å². The Hall–Kier alpha value is -0.340. The van der Waals surface area contributed by atoms with Crippen molar-refractivity contribution in [3.63, 3.8) is 0 Å². The van der Waals surface area contributed by atoms with Gasteiger partial charge in [0.15, 0.2) is 0 Å². The molecule has 20 heavy (non-hydrogen) atoms. The van der Waals surface area contributed by atoms with Gasteiger partial charge in [0.05, 0.1) is 6.61 Å². The topological polar surface area (TPSA) is 72.6 Å². The zero-order chi connectivity index (χ0) is 14.2. The van der Waals surface area contributed by atoms with Gasteiger partial charge in [0, 0.05) is 36.1 Å². The summed E-state index contributed by atoms with van der Waals surface area (Å²) in [6.07, 6.45) is 0.730. The monoisotopic (exact) mass is 384 g/mol. The number of rotatable bonds is 4. The number of halogens is 2. The second kappa shape index (κ2) is 6.62. The molecule has 2 N–H and O–H groups in total. The van der Waals surface area contributed by atoms with Gasteiger partial charge in [0.25, 0.3) is 0 Å². The largest absolute Gasteiger partial charge is 0.492 e. The van der Waals surface area contributed by atoms with Gasteiger partial charge in [-0.15, -0.1) is 12.4 Å². The van der Waals surface area contributed by atoms with Gasteiger partial charge in [0.2, 0.25) is 10.0 Å². The molecule has 114 valence electrons. The predicted molar refractivity (Wildman–Crippen MR) is 84.1 cm³/mol. The lowest BCUT2D eigenvalue weighted by atomic mass is 10.2. The Morgan fingerprint density at radius 3 is 2.75 bits per heavy atom. The molecule has 2 rings (SSSR count). The SMILES string of the molecule is CC(CN)N(C)S(=O)(=O)c1cc(Br)cc2c1OCC2.Cl. The highest BCUT2D eigenvalue weighted by Gasteiger charge is 2.31. The van der Waals surface area contributed by atoms with Crippen LogP contribution in [0.4, 0.5) is 0 Å². The van der Waals surface area contributed by atoms with Gasteiger partial charge in [-0.3, -0.25) is 0 Å². The minimum absolute atomic E-state index is 0. The molecule has 0 saturated heterocycles. The molecule has 0 fully saturated rings. The van der Waals surface area contributed by atoms with E-state index < -0.39 is 10.0 Å². The van der Waals surface area contributed by atoms with Crippen LogP contribution < -0.4 is 10.5 Å². The van der Waals surface area contributed by atoms with Crippen molar-refractivity contribution in [1.82, 2.24) is 4.31 Å². The van der Waals surface area contributed by atoms with Crippen LogP contribution >= 0.6 is 28.3 Å². The van der Waals surface area contributed by atoms with Gasteiger partial charge in [-0.25, -0.2) is 8.42 Å². The fraction of sp³-hybridized carbons (Fsp3) is 0.500. The maximum Gasteiger partial charge on any atom is 0.246 e. The average molecular weight is 386 g/mol. The number of nitrogens with zero attached hydrogens (tertiary/aromatic N) is 1. The van der Waals surface area contributed by atoms with Crippen molar-refractivity contribution in [2.75, 3.05) is 20.2 Å². The van der Waals surface area contributed by atoms with Gasteiger partial charge < -0.3 is 10.5 Å². The van der Waals surface area contributed by atoms with Crippen LogP contribution in [-0.2, 0) is 16.4 Å². The van der Waals surface area contributed by atoms with E-state index in [4.69, 9.17) is 10.5 Å². The number of hydrogen-bond donors (Lipinski definition) is 1. The first-order valence-corrected chi connectivity index (χ1v) is 8.24. The summed E-state index contributed by atoms with van der Waals surface area (Å²) in [7, 11) is -2.06. The maximum atomic E-state index is 12.6. The Kier molecular flexibility index (Phi) is 5.86. The number of nitrogens with two attached hydrogens (primary N) is 1. The number of fused-ring (bicyclic) bond motifs is 1. The lowest BCUT2D eigenvalue weighted by molar-refractivity contribution is 0.344. The van der Waals surface area contributed by atoms with E-state index in [1.54, 1.807) is 13.0 Å². The standard InChI is InChI=1S/C12H17BrN2O3S.ClH/c1-8(7-14)15(2)19(16,17)11-6-10(13)5-9-3-4-18-12(9)11;/h5-6,8H,3-4,7,14H2,1-2H3;1H. The highest BCUT2D eigenvalue weighted by molar-refractivity contribution is 9.10. The number of benzene rings is 1. The summed E-state index contributed by atoms with van der Waals surface area (Å²) >= 11 is 3.35. The van der Waals surface area contributed by atoms with Crippen LogP contribution in [0.3, 0.4) is 0 Å². The van der Waals surface area contributed by atoms with Crippen LogP contribution in [-0.4, -0.2) is 39.0 Å². The molecule has 1 unspecified atom stereocenters. The van der Waals surface area contributed by atoms with Crippen LogP contribution in [0.1, 0.15) is 12.5 Å². The van der Waals surface area contributed by atoms with Crippen LogP contribution in [0.5, 0.6) is 5.75 Å². The van der Waals surface area contributed by atoms with Gasteiger partial charge in [0.1, 0.15) is 10.6 Å². The summed E-state index contributed by atoms with van der Waals surface area (Å²) in [5, 5.41) is 0. The lowest BCUT2D eigenvalue weighted by Gasteiger charge is -2.24. The van der Waals surface area contributed by atoms with Crippen LogP contribution in [0, 0.1) is 0 Å². The van der Waals surface area contributed by atoms with E-state index >= 15 is 0 Å². The number of sulfonamides is 1. The summed E-state index contributed by atoms with van der Waals surface area (Å²) in [5.74, 6) is 0.472. The van der Waals surface area contributed by atoms with E-state index in [0.29, 0.717) is 12.4 Å². The lowest BCUT2D eigenvalue weighted by Crippen LogP contribution is -2.39. The van der Waals surface area contributed by atoms with Gasteiger partial charge in [-0.1, -0.05) is 15.9 Å². The van der Waals surface area contributed by atoms with E-state index in [-0.39, 0.29) is 29.9 Å². The van der Waals surface area contributed by atoms with Gasteiger partial charge >= 0.3 is 0 Å². The second-order valence-corrected chi connectivity index (χ2v) is 7.48. The third-order valence-corrected chi connectivity index (χ3v) is 5.77. The van der Waals surface area contributed by atoms with Crippen molar-refractivity contribution < 1.29 is 13.2 Å². The normalized spacial score (nSPS) is 15.4. The highest BCUT2D eigenvalue weighted by Crippen LogP contribution is 2.37. The summed E-state index contributed by atoms with van der Waals surface area (Å²) in [5.41, 5.74) is 6.46. The third kappa shape index (κ3) is 3.12. The molecule has 1 aliphatic heterocycles. The number of ether oxygens (including phenoxy) is 1. The Labute approximate surface area is 134 Å². The van der Waals surface area contributed by atoms with Crippen molar-refractivity contribution in [2.45, 2.75) is 24.3 Å².